The summed E-state index contributed by atoms with van der Waals surface area (Å²) in [5, 5.41) is 12.3. The second kappa shape index (κ2) is 9.36. The van der Waals surface area contributed by atoms with Gasteiger partial charge < -0.3 is 15.3 Å². The largest absolute Gasteiger partial charge is 0.478 e. The van der Waals surface area contributed by atoms with Crippen LogP contribution in [-0.4, -0.2) is 55.2 Å². The Labute approximate surface area is 155 Å². The van der Waals surface area contributed by atoms with Crippen molar-refractivity contribution < 1.29 is 9.90 Å². The van der Waals surface area contributed by atoms with Crippen molar-refractivity contribution >= 4 is 11.7 Å². The van der Waals surface area contributed by atoms with Crippen molar-refractivity contribution in [3.8, 4) is 0 Å². The SMILES string of the molecule is O=C(O)c1ccc(CNCCCN2CCN(c3ccccc3)CC2)cc1. The number of anilines is 1. The minimum atomic E-state index is -0.878. The van der Waals surface area contributed by atoms with Gasteiger partial charge in [-0.2, -0.15) is 0 Å². The summed E-state index contributed by atoms with van der Waals surface area (Å²) in [6.45, 7) is 7.28. The molecule has 0 radical (unpaired) electrons. The Morgan fingerprint density at radius 1 is 0.962 bits per heavy atom. The first kappa shape index (κ1) is 18.4. The van der Waals surface area contributed by atoms with Gasteiger partial charge in [-0.1, -0.05) is 30.3 Å². The first-order valence-corrected chi connectivity index (χ1v) is 9.28. The summed E-state index contributed by atoms with van der Waals surface area (Å²) < 4.78 is 0. The highest BCUT2D eigenvalue weighted by atomic mass is 16.4. The molecule has 26 heavy (non-hydrogen) atoms. The molecule has 0 amide bonds. The van der Waals surface area contributed by atoms with Gasteiger partial charge in [-0.15, -0.1) is 0 Å². The fraction of sp³-hybridized carbons (Fsp3) is 0.381. The third-order valence-electron chi connectivity index (χ3n) is 4.85. The molecular weight excluding hydrogens is 326 g/mol. The Morgan fingerprint density at radius 2 is 1.65 bits per heavy atom. The third-order valence-corrected chi connectivity index (χ3v) is 4.85. The summed E-state index contributed by atoms with van der Waals surface area (Å²) in [5.74, 6) is -0.878. The molecule has 0 unspecified atom stereocenters. The van der Waals surface area contributed by atoms with Crippen molar-refractivity contribution in [2.45, 2.75) is 13.0 Å². The van der Waals surface area contributed by atoms with Gasteiger partial charge in [0.1, 0.15) is 0 Å². The van der Waals surface area contributed by atoms with E-state index in [0.29, 0.717) is 5.56 Å². The van der Waals surface area contributed by atoms with Gasteiger partial charge in [-0.05, 0) is 49.3 Å². The van der Waals surface area contributed by atoms with E-state index in [1.807, 2.05) is 12.1 Å². The Hall–Kier alpha value is -2.37. The monoisotopic (exact) mass is 353 g/mol. The zero-order valence-electron chi connectivity index (χ0n) is 15.1. The number of carboxylic acid groups (broad SMARTS) is 1. The van der Waals surface area contributed by atoms with Crippen molar-refractivity contribution in [3.63, 3.8) is 0 Å². The van der Waals surface area contributed by atoms with Crippen LogP contribution in [0.25, 0.3) is 0 Å². The number of carboxylic acids is 1. The van der Waals surface area contributed by atoms with Crippen LogP contribution in [0.15, 0.2) is 54.6 Å². The molecule has 138 valence electrons. The molecule has 2 aromatic carbocycles. The molecule has 0 spiro atoms. The number of nitrogens with zero attached hydrogens (tertiary/aromatic N) is 2. The van der Waals surface area contributed by atoms with Gasteiger partial charge in [0.2, 0.25) is 0 Å². The zero-order valence-corrected chi connectivity index (χ0v) is 15.1. The van der Waals surface area contributed by atoms with E-state index in [1.165, 1.54) is 5.69 Å². The van der Waals surface area contributed by atoms with Gasteiger partial charge in [0, 0.05) is 38.4 Å². The maximum atomic E-state index is 10.8. The number of piperazine rings is 1. The highest BCUT2D eigenvalue weighted by Crippen LogP contribution is 2.15. The van der Waals surface area contributed by atoms with E-state index < -0.39 is 5.97 Å². The van der Waals surface area contributed by atoms with Gasteiger partial charge in [0.25, 0.3) is 0 Å². The van der Waals surface area contributed by atoms with Crippen LogP contribution in [0.2, 0.25) is 0 Å². The molecule has 5 nitrogen and oxygen atoms in total. The van der Waals surface area contributed by atoms with Crippen molar-refractivity contribution in [3.05, 3.63) is 65.7 Å². The predicted molar refractivity (Wildman–Crippen MR) is 105 cm³/mol. The molecule has 0 aromatic heterocycles. The maximum absolute atomic E-state index is 10.8. The van der Waals surface area contributed by atoms with Crippen molar-refractivity contribution in [1.82, 2.24) is 10.2 Å². The minimum Gasteiger partial charge on any atom is -0.478 e. The molecule has 5 heteroatoms. The van der Waals surface area contributed by atoms with Crippen LogP contribution in [-0.2, 0) is 6.54 Å². The number of benzene rings is 2. The van der Waals surface area contributed by atoms with Crippen LogP contribution in [0.4, 0.5) is 5.69 Å². The molecule has 2 aromatic rings. The Morgan fingerprint density at radius 3 is 2.31 bits per heavy atom. The van der Waals surface area contributed by atoms with E-state index in [0.717, 1.165) is 57.8 Å². The lowest BCUT2D eigenvalue weighted by molar-refractivity contribution is 0.0697. The first-order valence-electron chi connectivity index (χ1n) is 9.28. The van der Waals surface area contributed by atoms with E-state index in [2.05, 4.69) is 45.4 Å². The van der Waals surface area contributed by atoms with Crippen molar-refractivity contribution in [2.75, 3.05) is 44.2 Å². The van der Waals surface area contributed by atoms with Crippen LogP contribution in [0, 0.1) is 0 Å². The molecule has 3 rings (SSSR count). The van der Waals surface area contributed by atoms with E-state index in [4.69, 9.17) is 5.11 Å². The average molecular weight is 353 g/mol. The normalized spacial score (nSPS) is 15.2. The first-order chi connectivity index (χ1) is 12.7. The smallest absolute Gasteiger partial charge is 0.335 e. The van der Waals surface area contributed by atoms with Gasteiger partial charge in [0.15, 0.2) is 0 Å². The highest BCUT2D eigenvalue weighted by molar-refractivity contribution is 5.87. The lowest BCUT2D eigenvalue weighted by Crippen LogP contribution is -2.46. The Balaban J connectivity index is 1.29. The fourth-order valence-corrected chi connectivity index (χ4v) is 3.29. The van der Waals surface area contributed by atoms with Crippen LogP contribution < -0.4 is 10.2 Å². The fourth-order valence-electron chi connectivity index (χ4n) is 3.29. The summed E-state index contributed by atoms with van der Waals surface area (Å²) in [6, 6.07) is 17.7. The van der Waals surface area contributed by atoms with Crippen molar-refractivity contribution in [1.29, 1.82) is 0 Å². The van der Waals surface area contributed by atoms with Crippen LogP contribution in [0.1, 0.15) is 22.3 Å². The summed E-state index contributed by atoms with van der Waals surface area (Å²) in [4.78, 5) is 15.8. The molecule has 0 aliphatic carbocycles. The maximum Gasteiger partial charge on any atom is 0.335 e. The van der Waals surface area contributed by atoms with Crippen LogP contribution in [0.3, 0.4) is 0 Å². The zero-order chi connectivity index (χ0) is 18.2. The minimum absolute atomic E-state index is 0.336. The van der Waals surface area contributed by atoms with Gasteiger partial charge in [0.05, 0.1) is 5.56 Å². The number of rotatable bonds is 8. The van der Waals surface area contributed by atoms with Crippen molar-refractivity contribution in [2.24, 2.45) is 0 Å². The van der Waals surface area contributed by atoms with E-state index in [-0.39, 0.29) is 0 Å². The lowest BCUT2D eigenvalue weighted by atomic mass is 10.1. The number of para-hydroxylation sites is 1. The molecule has 1 aliphatic heterocycles. The van der Waals surface area contributed by atoms with Gasteiger partial charge >= 0.3 is 5.97 Å². The number of hydrogen-bond acceptors (Lipinski definition) is 4. The topological polar surface area (TPSA) is 55.8 Å². The quantitative estimate of drug-likeness (QED) is 0.715. The molecule has 1 fully saturated rings. The van der Waals surface area contributed by atoms with Crippen LogP contribution >= 0.6 is 0 Å². The average Bonchev–Trinajstić information content (AvgIpc) is 2.69. The second-order valence-corrected chi connectivity index (χ2v) is 6.70. The molecule has 0 bridgehead atoms. The molecular formula is C21H27N3O2. The van der Waals surface area contributed by atoms with Gasteiger partial charge in [-0.25, -0.2) is 4.79 Å². The summed E-state index contributed by atoms with van der Waals surface area (Å²) in [7, 11) is 0. The standard InChI is InChI=1S/C21H27N3O2/c25-21(26)19-9-7-18(8-10-19)17-22-11-4-12-23-13-15-24(16-14-23)20-5-2-1-3-6-20/h1-3,5-10,22H,4,11-17H2,(H,25,26). The third kappa shape index (κ3) is 5.31. The Kier molecular flexibility index (Phi) is 6.63. The summed E-state index contributed by atoms with van der Waals surface area (Å²) in [6.07, 6.45) is 1.12. The molecule has 0 saturated carbocycles. The molecule has 2 N–H and O–H groups in total. The summed E-state index contributed by atoms with van der Waals surface area (Å²) in [5.41, 5.74) is 2.78. The highest BCUT2D eigenvalue weighted by Gasteiger charge is 2.16. The number of carbonyl (C=O) groups is 1. The number of nitrogens with one attached hydrogen (secondary N) is 1. The molecule has 0 atom stereocenters. The molecule has 1 saturated heterocycles. The second-order valence-electron chi connectivity index (χ2n) is 6.70. The Bertz CT molecular complexity index is 680. The predicted octanol–water partition coefficient (Wildman–Crippen LogP) is 2.69. The molecule has 1 aliphatic rings. The van der Waals surface area contributed by atoms with Crippen LogP contribution in [0.5, 0.6) is 0 Å². The number of aromatic carboxylic acids is 1. The van der Waals surface area contributed by atoms with E-state index in [9.17, 15) is 4.79 Å². The van der Waals surface area contributed by atoms with E-state index >= 15 is 0 Å². The van der Waals surface area contributed by atoms with E-state index in [1.54, 1.807) is 12.1 Å². The van der Waals surface area contributed by atoms with Gasteiger partial charge in [-0.3, -0.25) is 4.90 Å². The lowest BCUT2D eigenvalue weighted by Gasteiger charge is -2.36. The molecule has 1 heterocycles. The number of hydrogen-bond donors (Lipinski definition) is 2. The summed E-state index contributed by atoms with van der Waals surface area (Å²) >= 11 is 0.